The van der Waals surface area contributed by atoms with Crippen LogP contribution >= 0.6 is 0 Å². The molecule has 3 nitrogen and oxygen atoms in total. The molecule has 1 aromatic carbocycles. The van der Waals surface area contributed by atoms with Crippen molar-refractivity contribution in [1.82, 2.24) is 10.2 Å². The summed E-state index contributed by atoms with van der Waals surface area (Å²) in [4.78, 5) is 15.0. The van der Waals surface area contributed by atoms with E-state index in [1.54, 1.807) is 6.07 Å². The third-order valence-corrected chi connectivity index (χ3v) is 4.75. The summed E-state index contributed by atoms with van der Waals surface area (Å²) in [5.74, 6) is -0.0332. The molecule has 0 aromatic heterocycles. The highest BCUT2D eigenvalue weighted by atomic mass is 19.1. The van der Waals surface area contributed by atoms with Crippen LogP contribution in [0.4, 0.5) is 4.39 Å². The second kappa shape index (κ2) is 5.76. The zero-order valence-corrected chi connectivity index (χ0v) is 12.6. The topological polar surface area (TPSA) is 32.3 Å². The minimum atomic E-state index is -0.393. The maximum atomic E-state index is 13.4. The SMILES string of the molecule is CCC1(C(=O)N(Cc2cccc(F)c2)C2CC2)CCCN1. The molecule has 3 rings (SSSR count). The first kappa shape index (κ1) is 14.5. The second-order valence-corrected chi connectivity index (χ2v) is 6.26. The molecule has 1 atom stereocenters. The van der Waals surface area contributed by atoms with E-state index in [1.807, 2.05) is 11.0 Å². The minimum Gasteiger partial charge on any atom is -0.334 e. The highest BCUT2D eigenvalue weighted by molar-refractivity contribution is 5.87. The lowest BCUT2D eigenvalue weighted by atomic mass is 9.92. The van der Waals surface area contributed by atoms with Crippen molar-refractivity contribution in [1.29, 1.82) is 0 Å². The molecule has 1 aliphatic carbocycles. The van der Waals surface area contributed by atoms with E-state index < -0.39 is 5.54 Å². The molecule has 1 aromatic rings. The lowest BCUT2D eigenvalue weighted by molar-refractivity contribution is -0.139. The lowest BCUT2D eigenvalue weighted by Gasteiger charge is -2.34. The second-order valence-electron chi connectivity index (χ2n) is 6.26. The van der Waals surface area contributed by atoms with E-state index in [2.05, 4.69) is 12.2 Å². The van der Waals surface area contributed by atoms with Crippen LogP contribution in [0.3, 0.4) is 0 Å². The normalized spacial score (nSPS) is 25.0. The number of nitrogens with one attached hydrogen (secondary N) is 1. The summed E-state index contributed by atoms with van der Waals surface area (Å²) in [6.45, 7) is 3.51. The van der Waals surface area contributed by atoms with Gasteiger partial charge in [-0.2, -0.15) is 0 Å². The third kappa shape index (κ3) is 2.95. The van der Waals surface area contributed by atoms with Crippen LogP contribution in [0.25, 0.3) is 0 Å². The molecule has 4 heteroatoms. The number of carbonyl (C=O) groups is 1. The van der Waals surface area contributed by atoms with Crippen molar-refractivity contribution in [3.63, 3.8) is 0 Å². The molecule has 0 bridgehead atoms. The summed E-state index contributed by atoms with van der Waals surface area (Å²) in [6, 6.07) is 6.92. The van der Waals surface area contributed by atoms with Gasteiger partial charge in [0, 0.05) is 12.6 Å². The Bertz CT molecular complexity index is 521. The lowest BCUT2D eigenvalue weighted by Crippen LogP contribution is -2.55. The smallest absolute Gasteiger partial charge is 0.243 e. The van der Waals surface area contributed by atoms with Crippen LogP contribution in [-0.2, 0) is 11.3 Å². The molecule has 1 heterocycles. The van der Waals surface area contributed by atoms with E-state index in [-0.39, 0.29) is 11.7 Å². The monoisotopic (exact) mass is 290 g/mol. The van der Waals surface area contributed by atoms with Gasteiger partial charge < -0.3 is 10.2 Å². The van der Waals surface area contributed by atoms with Crippen molar-refractivity contribution >= 4 is 5.91 Å². The van der Waals surface area contributed by atoms with Gasteiger partial charge in [0.25, 0.3) is 0 Å². The van der Waals surface area contributed by atoms with E-state index >= 15 is 0 Å². The molecule has 1 saturated carbocycles. The molecule has 0 spiro atoms. The van der Waals surface area contributed by atoms with Crippen molar-refractivity contribution in [3.8, 4) is 0 Å². The van der Waals surface area contributed by atoms with Crippen molar-refractivity contribution in [3.05, 3.63) is 35.6 Å². The standard InChI is InChI=1S/C17H23FN2O/c1-2-17(9-4-10-19-17)16(21)20(15-7-8-15)12-13-5-3-6-14(18)11-13/h3,5-6,11,15,19H,2,4,7-10,12H2,1H3. The maximum absolute atomic E-state index is 13.4. The first-order chi connectivity index (χ1) is 10.1. The Labute approximate surface area is 125 Å². The molecule has 2 aliphatic rings. The summed E-state index contributed by atoms with van der Waals surface area (Å²) in [6.07, 6.45) is 4.92. The van der Waals surface area contributed by atoms with Crippen LogP contribution in [-0.4, -0.2) is 28.9 Å². The number of rotatable bonds is 5. The number of nitrogens with zero attached hydrogens (tertiary/aromatic N) is 1. The molecule has 1 aliphatic heterocycles. The zero-order valence-electron chi connectivity index (χ0n) is 12.6. The molecule has 2 fully saturated rings. The fraction of sp³-hybridized carbons (Fsp3) is 0.588. The number of amides is 1. The summed E-state index contributed by atoms with van der Waals surface area (Å²) < 4.78 is 13.4. The van der Waals surface area contributed by atoms with Gasteiger partial charge in [-0.25, -0.2) is 4.39 Å². The molecule has 1 saturated heterocycles. The number of halogens is 1. The van der Waals surface area contributed by atoms with Gasteiger partial charge in [-0.15, -0.1) is 0 Å². The van der Waals surface area contributed by atoms with Crippen molar-refractivity contribution in [2.75, 3.05) is 6.54 Å². The Balaban J connectivity index is 1.79. The Kier molecular flexibility index (Phi) is 3.98. The van der Waals surface area contributed by atoms with Crippen LogP contribution in [0.15, 0.2) is 24.3 Å². The average Bonchev–Trinajstić information content (AvgIpc) is 3.21. The van der Waals surface area contributed by atoms with Gasteiger partial charge in [-0.1, -0.05) is 19.1 Å². The quantitative estimate of drug-likeness (QED) is 0.904. The van der Waals surface area contributed by atoms with Gasteiger partial charge in [0.2, 0.25) is 5.91 Å². The fourth-order valence-electron chi connectivity index (χ4n) is 3.30. The highest BCUT2D eigenvalue weighted by Gasteiger charge is 2.45. The molecular weight excluding hydrogens is 267 g/mol. The molecule has 1 amide bonds. The van der Waals surface area contributed by atoms with Gasteiger partial charge in [0.1, 0.15) is 5.82 Å². The minimum absolute atomic E-state index is 0.203. The van der Waals surface area contributed by atoms with Crippen molar-refractivity contribution in [2.24, 2.45) is 0 Å². The molecule has 21 heavy (non-hydrogen) atoms. The van der Waals surface area contributed by atoms with E-state index in [0.717, 1.165) is 44.2 Å². The van der Waals surface area contributed by atoms with Gasteiger partial charge in [0.05, 0.1) is 5.54 Å². The van der Waals surface area contributed by atoms with Crippen LogP contribution in [0.1, 0.15) is 44.6 Å². The molecule has 1 N–H and O–H groups in total. The summed E-state index contributed by atoms with van der Waals surface area (Å²) in [5, 5.41) is 3.41. The molecule has 114 valence electrons. The zero-order chi connectivity index (χ0) is 14.9. The maximum Gasteiger partial charge on any atom is 0.243 e. The summed E-state index contributed by atoms with van der Waals surface area (Å²) in [7, 11) is 0. The molecule has 1 unspecified atom stereocenters. The van der Waals surface area contributed by atoms with Gasteiger partial charge in [-0.05, 0) is 56.3 Å². The predicted octanol–water partition coefficient (Wildman–Crippen LogP) is 2.85. The largest absolute Gasteiger partial charge is 0.334 e. The summed E-state index contributed by atoms with van der Waals surface area (Å²) >= 11 is 0. The van der Waals surface area contributed by atoms with Crippen LogP contribution < -0.4 is 5.32 Å². The van der Waals surface area contributed by atoms with E-state index in [0.29, 0.717) is 12.6 Å². The number of hydrogen-bond donors (Lipinski definition) is 1. The van der Waals surface area contributed by atoms with Gasteiger partial charge in [0.15, 0.2) is 0 Å². The van der Waals surface area contributed by atoms with E-state index in [1.165, 1.54) is 12.1 Å². The number of carbonyl (C=O) groups excluding carboxylic acids is 1. The fourth-order valence-corrected chi connectivity index (χ4v) is 3.30. The summed E-state index contributed by atoms with van der Waals surface area (Å²) in [5.41, 5.74) is 0.482. The Morgan fingerprint density at radius 1 is 1.48 bits per heavy atom. The molecule has 0 radical (unpaired) electrons. The average molecular weight is 290 g/mol. The Morgan fingerprint density at radius 2 is 2.29 bits per heavy atom. The van der Waals surface area contributed by atoms with Gasteiger partial charge >= 0.3 is 0 Å². The van der Waals surface area contributed by atoms with Crippen LogP contribution in [0, 0.1) is 5.82 Å². The Morgan fingerprint density at radius 3 is 2.86 bits per heavy atom. The first-order valence-electron chi connectivity index (χ1n) is 7.95. The van der Waals surface area contributed by atoms with Gasteiger partial charge in [-0.3, -0.25) is 4.79 Å². The van der Waals surface area contributed by atoms with E-state index in [9.17, 15) is 9.18 Å². The third-order valence-electron chi connectivity index (χ3n) is 4.75. The van der Waals surface area contributed by atoms with Crippen molar-refractivity contribution < 1.29 is 9.18 Å². The highest BCUT2D eigenvalue weighted by Crippen LogP contribution is 2.34. The molecular formula is C17H23FN2O. The van der Waals surface area contributed by atoms with Crippen molar-refractivity contribution in [2.45, 2.75) is 57.2 Å². The number of hydrogen-bond acceptors (Lipinski definition) is 2. The predicted molar refractivity (Wildman–Crippen MR) is 80.2 cm³/mol. The van der Waals surface area contributed by atoms with E-state index in [4.69, 9.17) is 0 Å². The number of benzene rings is 1. The first-order valence-corrected chi connectivity index (χ1v) is 7.95. The Hall–Kier alpha value is -1.42. The van der Waals surface area contributed by atoms with Crippen LogP contribution in [0.2, 0.25) is 0 Å². The van der Waals surface area contributed by atoms with Crippen LogP contribution in [0.5, 0.6) is 0 Å².